The molecule has 3 rings (SSSR count). The average molecular weight is 472 g/mol. The van der Waals surface area contributed by atoms with Gasteiger partial charge in [0, 0.05) is 24.0 Å². The molecule has 2 aliphatic rings. The molecule has 0 amide bonds. The van der Waals surface area contributed by atoms with Crippen LogP contribution in [0.2, 0.25) is 0 Å². The van der Waals surface area contributed by atoms with Gasteiger partial charge in [-0.15, -0.1) is 0 Å². The van der Waals surface area contributed by atoms with E-state index in [4.69, 9.17) is 9.47 Å². The van der Waals surface area contributed by atoms with Crippen LogP contribution in [0.25, 0.3) is 0 Å². The van der Waals surface area contributed by atoms with E-state index in [1.54, 1.807) is 0 Å². The fourth-order valence-electron chi connectivity index (χ4n) is 2.83. The van der Waals surface area contributed by atoms with Crippen LogP contribution in [0.5, 0.6) is 11.5 Å². The van der Waals surface area contributed by atoms with Crippen molar-refractivity contribution in [3.05, 3.63) is 23.3 Å². The third kappa shape index (κ3) is 3.97. The van der Waals surface area contributed by atoms with Crippen molar-refractivity contribution in [2.75, 3.05) is 13.2 Å². The Kier molecular flexibility index (Phi) is 5.00. The van der Waals surface area contributed by atoms with Gasteiger partial charge in [0.05, 0.1) is 13.2 Å². The van der Waals surface area contributed by atoms with Crippen molar-refractivity contribution in [2.45, 2.75) is 29.6 Å². The van der Waals surface area contributed by atoms with Crippen molar-refractivity contribution in [1.29, 1.82) is 0 Å². The summed E-state index contributed by atoms with van der Waals surface area (Å²) in [5.74, 6) is -3.26. The summed E-state index contributed by atoms with van der Waals surface area (Å²) >= 11 is 0. The Morgan fingerprint density at radius 2 is 1.10 bits per heavy atom. The van der Waals surface area contributed by atoms with Gasteiger partial charge in [-0.25, -0.2) is 0 Å². The van der Waals surface area contributed by atoms with E-state index in [0.29, 0.717) is 12.1 Å². The summed E-state index contributed by atoms with van der Waals surface area (Å²) in [6.45, 7) is 0.0874. The van der Waals surface area contributed by atoms with Crippen molar-refractivity contribution in [2.24, 2.45) is 0 Å². The third-order valence-corrected chi connectivity index (χ3v) is 5.95. The maximum atomic E-state index is 12.6. The molecule has 1 spiro atoms. The number of benzene rings is 1. The molecule has 0 unspecified atom stereocenters. The molecule has 16 heteroatoms. The monoisotopic (exact) mass is 472 g/mol. The van der Waals surface area contributed by atoms with Gasteiger partial charge in [0.1, 0.15) is 11.5 Å². The normalized spacial score (nSPS) is 19.4. The second-order valence-electron chi connectivity index (χ2n) is 5.95. The van der Waals surface area contributed by atoms with Crippen LogP contribution in [0.3, 0.4) is 0 Å². The topological polar surface area (TPSA) is 105 Å². The highest BCUT2D eigenvalue weighted by Crippen LogP contribution is 2.46. The first kappa shape index (κ1) is 21.9. The van der Waals surface area contributed by atoms with E-state index in [1.807, 2.05) is 0 Å². The summed E-state index contributed by atoms with van der Waals surface area (Å²) in [6.07, 6.45) is -0.817. The molecule has 0 N–H and O–H groups in total. The molecule has 0 aromatic heterocycles. The van der Waals surface area contributed by atoms with Gasteiger partial charge in [-0.2, -0.15) is 43.2 Å². The lowest BCUT2D eigenvalue weighted by Gasteiger charge is -2.20. The highest BCUT2D eigenvalue weighted by molar-refractivity contribution is 7.88. The third-order valence-electron chi connectivity index (χ3n) is 4.02. The zero-order valence-electron chi connectivity index (χ0n) is 13.8. The highest BCUT2D eigenvalue weighted by Gasteiger charge is 2.52. The summed E-state index contributed by atoms with van der Waals surface area (Å²) in [4.78, 5) is 0. The zero-order chi connectivity index (χ0) is 21.9. The van der Waals surface area contributed by atoms with Gasteiger partial charge in [-0.3, -0.25) is 0 Å². The molecule has 29 heavy (non-hydrogen) atoms. The fraction of sp³-hybridized carbons (Fsp3) is 0.538. The van der Waals surface area contributed by atoms with Crippen molar-refractivity contribution < 1.29 is 61.0 Å². The van der Waals surface area contributed by atoms with Crippen molar-refractivity contribution in [3.63, 3.8) is 0 Å². The summed E-state index contributed by atoms with van der Waals surface area (Å²) in [6, 6.07) is 1.11. The number of halogens is 6. The largest absolute Gasteiger partial charge is 0.534 e. The van der Waals surface area contributed by atoms with E-state index in [2.05, 4.69) is 8.37 Å². The summed E-state index contributed by atoms with van der Waals surface area (Å²) in [5, 5.41) is 0. The number of rotatable bonds is 4. The van der Waals surface area contributed by atoms with Crippen LogP contribution in [-0.4, -0.2) is 46.9 Å². The van der Waals surface area contributed by atoms with Gasteiger partial charge < -0.3 is 17.8 Å². The van der Waals surface area contributed by atoms with Crippen LogP contribution < -0.4 is 8.37 Å². The Morgan fingerprint density at radius 1 is 0.759 bits per heavy atom. The van der Waals surface area contributed by atoms with Crippen LogP contribution in [0.4, 0.5) is 26.3 Å². The molecule has 1 fully saturated rings. The van der Waals surface area contributed by atoms with Gasteiger partial charge >= 0.3 is 31.3 Å². The van der Waals surface area contributed by atoms with E-state index >= 15 is 0 Å². The Labute approximate surface area is 159 Å². The molecule has 1 aliphatic carbocycles. The number of ether oxygens (including phenoxy) is 2. The van der Waals surface area contributed by atoms with E-state index in [-0.39, 0.29) is 24.3 Å². The number of hydrogen-bond acceptors (Lipinski definition) is 8. The Hall–Kier alpha value is -1.78. The smallest absolute Gasteiger partial charge is 0.376 e. The molecule has 164 valence electrons. The first-order valence-electron chi connectivity index (χ1n) is 7.51. The average Bonchev–Trinajstić information content (AvgIpc) is 3.15. The quantitative estimate of drug-likeness (QED) is 0.372. The number of hydrogen-bond donors (Lipinski definition) is 0. The van der Waals surface area contributed by atoms with Gasteiger partial charge in [0.2, 0.25) is 0 Å². The lowest BCUT2D eigenvalue weighted by Crippen LogP contribution is -2.31. The molecule has 0 bridgehead atoms. The Bertz CT molecular complexity index is 946. The van der Waals surface area contributed by atoms with E-state index in [9.17, 15) is 43.2 Å². The highest BCUT2D eigenvalue weighted by atomic mass is 32.2. The lowest BCUT2D eigenvalue weighted by molar-refractivity contribution is -0.147. The molecule has 0 saturated carbocycles. The first-order valence-corrected chi connectivity index (χ1v) is 10.3. The molecule has 1 aliphatic heterocycles. The minimum Gasteiger partial charge on any atom is -0.376 e. The van der Waals surface area contributed by atoms with Crippen LogP contribution >= 0.6 is 0 Å². The standard InChI is InChI=1S/C13H10F6O8S2/c14-12(15,16)28(20,21)26-9-1-2-10(27-29(22,23)13(17,18)19)8-6-11(5-7(8)9)24-3-4-25-11/h1-2H,3-6H2. The Morgan fingerprint density at radius 3 is 1.41 bits per heavy atom. The van der Waals surface area contributed by atoms with Gasteiger partial charge in [0.15, 0.2) is 5.79 Å². The van der Waals surface area contributed by atoms with Crippen LogP contribution in [0.15, 0.2) is 12.1 Å². The van der Waals surface area contributed by atoms with E-state index in [0.717, 1.165) is 0 Å². The summed E-state index contributed by atoms with van der Waals surface area (Å²) in [5.41, 5.74) is -12.2. The van der Waals surface area contributed by atoms with Gasteiger partial charge in [-0.1, -0.05) is 0 Å². The van der Waals surface area contributed by atoms with Gasteiger partial charge in [0.25, 0.3) is 0 Å². The summed E-state index contributed by atoms with van der Waals surface area (Å²) in [7, 11) is -12.2. The van der Waals surface area contributed by atoms with Crippen molar-refractivity contribution >= 4 is 20.2 Å². The van der Waals surface area contributed by atoms with Crippen LogP contribution in [0, 0.1) is 0 Å². The van der Waals surface area contributed by atoms with Crippen LogP contribution in [-0.2, 0) is 42.6 Å². The lowest BCUT2D eigenvalue weighted by atomic mass is 10.1. The Balaban J connectivity index is 2.06. The van der Waals surface area contributed by atoms with Crippen LogP contribution in [0.1, 0.15) is 11.1 Å². The molecule has 1 heterocycles. The molecule has 8 nitrogen and oxygen atoms in total. The first-order chi connectivity index (χ1) is 13.1. The molecule has 1 aromatic rings. The van der Waals surface area contributed by atoms with Crippen molar-refractivity contribution in [1.82, 2.24) is 0 Å². The predicted octanol–water partition coefficient (Wildman–Crippen LogP) is 1.99. The number of fused-ring (bicyclic) bond motifs is 1. The minimum atomic E-state index is -6.10. The molecule has 1 saturated heterocycles. The van der Waals surface area contributed by atoms with E-state index < -0.39 is 61.4 Å². The molecule has 0 radical (unpaired) electrons. The fourth-order valence-corrected chi connectivity index (χ4v) is 3.80. The van der Waals surface area contributed by atoms with Crippen molar-refractivity contribution in [3.8, 4) is 11.5 Å². The molecule has 1 aromatic carbocycles. The molecule has 0 atom stereocenters. The summed E-state index contributed by atoms with van der Waals surface area (Å²) < 4.78 is 140. The van der Waals surface area contributed by atoms with Gasteiger partial charge in [-0.05, 0) is 12.1 Å². The second kappa shape index (κ2) is 6.61. The zero-order valence-corrected chi connectivity index (χ0v) is 15.5. The van der Waals surface area contributed by atoms with E-state index in [1.165, 1.54) is 0 Å². The second-order valence-corrected chi connectivity index (χ2v) is 9.02. The SMILES string of the molecule is O=S(=O)(Oc1ccc(OS(=O)(=O)C(F)(F)F)c2c1CC1(C2)OCCO1)C(F)(F)F. The maximum Gasteiger partial charge on any atom is 0.534 e. The molecular weight excluding hydrogens is 462 g/mol. The minimum absolute atomic E-state index is 0.0437. The predicted molar refractivity (Wildman–Crippen MR) is 79.7 cm³/mol. The molecular formula is C13H10F6O8S2. The maximum absolute atomic E-state index is 12.6. The number of alkyl halides is 6.